The van der Waals surface area contributed by atoms with Crippen molar-refractivity contribution in [1.82, 2.24) is 20.3 Å². The number of imidazole rings is 1. The minimum atomic E-state index is -0.637. The van der Waals surface area contributed by atoms with Crippen LogP contribution in [0.3, 0.4) is 0 Å². The Morgan fingerprint density at radius 2 is 1.94 bits per heavy atom. The van der Waals surface area contributed by atoms with E-state index in [0.29, 0.717) is 41.0 Å². The van der Waals surface area contributed by atoms with Gasteiger partial charge in [-0.25, -0.2) is 4.98 Å². The van der Waals surface area contributed by atoms with Crippen molar-refractivity contribution in [2.45, 2.75) is 36.8 Å². The molecule has 9 nitrogen and oxygen atoms in total. The van der Waals surface area contributed by atoms with Crippen LogP contribution in [0.25, 0.3) is 22.4 Å². The van der Waals surface area contributed by atoms with Crippen molar-refractivity contribution < 1.29 is 24.1 Å². The van der Waals surface area contributed by atoms with E-state index in [0.717, 1.165) is 17.5 Å². The summed E-state index contributed by atoms with van der Waals surface area (Å²) in [6.45, 7) is 1.26. The van der Waals surface area contributed by atoms with Gasteiger partial charge in [0.1, 0.15) is 18.3 Å². The summed E-state index contributed by atoms with van der Waals surface area (Å²) in [4.78, 5) is 24.1. The monoisotopic (exact) mass is 456 g/mol. The fraction of sp³-hybridized carbons (Fsp3) is 0.409. The fourth-order valence-electron chi connectivity index (χ4n) is 4.63. The molecule has 1 amide bonds. The zero-order chi connectivity index (χ0) is 21.8. The third-order valence-corrected chi connectivity index (χ3v) is 6.57. The van der Waals surface area contributed by atoms with Crippen LogP contribution >= 0.6 is 11.6 Å². The van der Waals surface area contributed by atoms with Gasteiger partial charge < -0.3 is 29.6 Å². The van der Waals surface area contributed by atoms with Crippen molar-refractivity contribution in [1.29, 1.82) is 0 Å². The van der Waals surface area contributed by atoms with Crippen LogP contribution in [-0.2, 0) is 14.3 Å². The quantitative estimate of drug-likeness (QED) is 0.547. The van der Waals surface area contributed by atoms with E-state index in [2.05, 4.69) is 20.3 Å². The van der Waals surface area contributed by atoms with E-state index < -0.39 is 6.10 Å². The Bertz CT molecular complexity index is 1180. The molecule has 5 heterocycles. The SMILES string of the molecule is O=C1NCCC1c1ccc(-c2nc3nc(O[C@@H]4CO[C@H]5[C@@H]4OC[C@H]5O)[nH]c3cc2Cl)cc1. The van der Waals surface area contributed by atoms with Crippen LogP contribution in [0, 0.1) is 0 Å². The normalized spacial score (nSPS) is 29.4. The summed E-state index contributed by atoms with van der Waals surface area (Å²) in [7, 11) is 0. The molecule has 3 fully saturated rings. The molecule has 10 heteroatoms. The Balaban J connectivity index is 1.25. The number of aromatic amines is 1. The maximum absolute atomic E-state index is 11.9. The Kier molecular flexibility index (Phi) is 4.80. The number of carbonyl (C=O) groups is 1. The molecule has 0 aliphatic carbocycles. The van der Waals surface area contributed by atoms with Gasteiger partial charge in [0.05, 0.1) is 35.4 Å². The van der Waals surface area contributed by atoms with Gasteiger partial charge in [0.2, 0.25) is 5.91 Å². The second kappa shape index (κ2) is 7.70. The standard InChI is InChI=1S/C22H21ClN4O5/c23-13-7-14-20(27-22(25-14)32-16-9-31-18-15(28)8-30-19(16)18)26-17(13)11-3-1-10(2-4-11)12-5-6-24-21(12)29/h1-4,7,12,15-16,18-19,28H,5-6,8-9H2,(H,24,29)(H,25,26,27)/t12?,15-,16-,18-,19-/m1/s1. The van der Waals surface area contributed by atoms with Crippen LogP contribution in [0.15, 0.2) is 30.3 Å². The third-order valence-electron chi connectivity index (χ3n) is 6.29. The summed E-state index contributed by atoms with van der Waals surface area (Å²) >= 11 is 6.51. The molecule has 1 unspecified atom stereocenters. The first-order valence-corrected chi connectivity index (χ1v) is 11.0. The molecule has 166 valence electrons. The molecule has 0 bridgehead atoms. The number of nitrogens with zero attached hydrogens (tertiary/aromatic N) is 2. The average Bonchev–Trinajstić information content (AvgIpc) is 3.55. The molecule has 3 N–H and O–H groups in total. The average molecular weight is 457 g/mol. The molecule has 6 rings (SSSR count). The smallest absolute Gasteiger partial charge is 0.296 e. The Hall–Kier alpha value is -2.72. The van der Waals surface area contributed by atoms with Gasteiger partial charge in [-0.1, -0.05) is 35.9 Å². The zero-order valence-electron chi connectivity index (χ0n) is 17.0. The van der Waals surface area contributed by atoms with Gasteiger partial charge in [-0.2, -0.15) is 4.98 Å². The van der Waals surface area contributed by atoms with Crippen LogP contribution in [0.5, 0.6) is 6.01 Å². The largest absolute Gasteiger partial charge is 0.456 e. The zero-order valence-corrected chi connectivity index (χ0v) is 17.7. The molecule has 3 saturated heterocycles. The van der Waals surface area contributed by atoms with E-state index in [9.17, 15) is 9.90 Å². The Morgan fingerprint density at radius 3 is 2.72 bits per heavy atom. The number of fused-ring (bicyclic) bond motifs is 2. The number of ether oxygens (including phenoxy) is 3. The summed E-state index contributed by atoms with van der Waals surface area (Å²) in [5, 5.41) is 13.2. The van der Waals surface area contributed by atoms with Gasteiger partial charge in [-0.3, -0.25) is 4.79 Å². The van der Waals surface area contributed by atoms with Crippen LogP contribution < -0.4 is 10.1 Å². The third kappa shape index (κ3) is 3.32. The van der Waals surface area contributed by atoms with Gasteiger partial charge in [-0.05, 0) is 18.1 Å². The van der Waals surface area contributed by atoms with E-state index in [4.69, 9.17) is 25.8 Å². The van der Waals surface area contributed by atoms with Gasteiger partial charge in [-0.15, -0.1) is 0 Å². The molecular weight excluding hydrogens is 436 g/mol. The van der Waals surface area contributed by atoms with Crippen LogP contribution in [0.2, 0.25) is 5.02 Å². The molecule has 0 spiro atoms. The summed E-state index contributed by atoms with van der Waals surface area (Å²) in [5.41, 5.74) is 3.54. The molecular formula is C22H21ClN4O5. The number of benzene rings is 1. The predicted molar refractivity (Wildman–Crippen MR) is 115 cm³/mol. The minimum absolute atomic E-state index is 0.0656. The van der Waals surface area contributed by atoms with Crippen molar-refractivity contribution in [2.24, 2.45) is 0 Å². The number of halogens is 1. The summed E-state index contributed by atoms with van der Waals surface area (Å²) in [5.74, 6) is -0.0407. The predicted octanol–water partition coefficient (Wildman–Crippen LogP) is 1.79. The number of carbonyl (C=O) groups excluding carboxylic acids is 1. The number of rotatable bonds is 4. The number of pyridine rings is 1. The summed E-state index contributed by atoms with van der Waals surface area (Å²) in [6.07, 6.45) is -0.904. The van der Waals surface area contributed by atoms with Crippen molar-refractivity contribution in [3.8, 4) is 17.3 Å². The molecule has 2 aromatic heterocycles. The highest BCUT2D eigenvalue weighted by molar-refractivity contribution is 6.33. The van der Waals surface area contributed by atoms with Crippen LogP contribution in [-0.4, -0.2) is 70.1 Å². The lowest BCUT2D eigenvalue weighted by Gasteiger charge is -2.15. The minimum Gasteiger partial charge on any atom is -0.456 e. The highest BCUT2D eigenvalue weighted by Crippen LogP contribution is 2.33. The first kappa shape index (κ1) is 19.9. The second-order valence-electron chi connectivity index (χ2n) is 8.31. The maximum atomic E-state index is 11.9. The maximum Gasteiger partial charge on any atom is 0.296 e. The topological polar surface area (TPSA) is 119 Å². The number of hydrogen-bond acceptors (Lipinski definition) is 7. The van der Waals surface area contributed by atoms with Crippen molar-refractivity contribution in [3.05, 3.63) is 40.9 Å². The number of aliphatic hydroxyl groups is 1. The lowest BCUT2D eigenvalue weighted by molar-refractivity contribution is -0.120. The van der Waals surface area contributed by atoms with E-state index in [1.807, 2.05) is 24.3 Å². The highest BCUT2D eigenvalue weighted by atomic mass is 35.5. The number of amides is 1. The van der Waals surface area contributed by atoms with E-state index in [1.54, 1.807) is 6.07 Å². The van der Waals surface area contributed by atoms with E-state index in [1.165, 1.54) is 0 Å². The Labute approximate surface area is 188 Å². The summed E-state index contributed by atoms with van der Waals surface area (Å²) < 4.78 is 17.1. The van der Waals surface area contributed by atoms with Crippen LogP contribution in [0.4, 0.5) is 0 Å². The van der Waals surface area contributed by atoms with E-state index >= 15 is 0 Å². The second-order valence-corrected chi connectivity index (χ2v) is 8.71. The van der Waals surface area contributed by atoms with Crippen molar-refractivity contribution in [3.63, 3.8) is 0 Å². The molecule has 3 aliphatic rings. The number of hydrogen-bond donors (Lipinski definition) is 3. The molecule has 3 aliphatic heterocycles. The van der Waals surface area contributed by atoms with Gasteiger partial charge in [0.15, 0.2) is 11.8 Å². The number of nitrogens with one attached hydrogen (secondary N) is 2. The molecule has 0 radical (unpaired) electrons. The molecule has 3 aromatic rings. The lowest BCUT2D eigenvalue weighted by Crippen LogP contribution is -2.34. The molecule has 0 saturated carbocycles. The highest BCUT2D eigenvalue weighted by Gasteiger charge is 2.48. The van der Waals surface area contributed by atoms with Crippen LogP contribution in [0.1, 0.15) is 17.9 Å². The van der Waals surface area contributed by atoms with Crippen molar-refractivity contribution in [2.75, 3.05) is 19.8 Å². The van der Waals surface area contributed by atoms with Gasteiger partial charge in [0.25, 0.3) is 6.01 Å². The molecule has 5 atom stereocenters. The lowest BCUT2D eigenvalue weighted by atomic mass is 9.96. The van der Waals surface area contributed by atoms with Crippen molar-refractivity contribution >= 4 is 28.7 Å². The van der Waals surface area contributed by atoms with Gasteiger partial charge in [0, 0.05) is 12.1 Å². The number of H-pyrrole nitrogens is 1. The molecule has 1 aromatic carbocycles. The Morgan fingerprint density at radius 1 is 1.12 bits per heavy atom. The van der Waals surface area contributed by atoms with Gasteiger partial charge >= 0.3 is 0 Å². The van der Waals surface area contributed by atoms with E-state index in [-0.39, 0.29) is 36.7 Å². The fourth-order valence-corrected chi connectivity index (χ4v) is 4.89. The first-order valence-electron chi connectivity index (χ1n) is 10.6. The number of aliphatic hydroxyl groups excluding tert-OH is 1. The molecule has 32 heavy (non-hydrogen) atoms. The summed E-state index contributed by atoms with van der Waals surface area (Å²) in [6, 6.07) is 9.79. The number of aromatic nitrogens is 3. The first-order chi connectivity index (χ1) is 15.6.